The SMILES string of the molecule is CCNS(=O)(=O)N1CCc2ccc(C(=O)O)cc2C1. The average Bonchev–Trinajstić information content (AvgIpc) is 2.37. The lowest BCUT2D eigenvalue weighted by molar-refractivity contribution is 0.0696. The Morgan fingerprint density at radius 1 is 1.42 bits per heavy atom. The summed E-state index contributed by atoms with van der Waals surface area (Å²) in [7, 11) is -3.47. The molecule has 0 aromatic heterocycles. The van der Waals surface area contributed by atoms with Crippen LogP contribution in [0.1, 0.15) is 28.4 Å². The van der Waals surface area contributed by atoms with E-state index in [1.165, 1.54) is 4.31 Å². The molecule has 2 N–H and O–H groups in total. The van der Waals surface area contributed by atoms with E-state index in [-0.39, 0.29) is 12.1 Å². The molecule has 0 saturated carbocycles. The molecule has 1 aromatic rings. The van der Waals surface area contributed by atoms with Crippen molar-refractivity contribution in [1.82, 2.24) is 9.03 Å². The number of aromatic carboxylic acids is 1. The molecule has 0 spiro atoms. The molecule has 1 aliphatic heterocycles. The predicted molar refractivity (Wildman–Crippen MR) is 70.1 cm³/mol. The van der Waals surface area contributed by atoms with E-state index in [1.54, 1.807) is 25.1 Å². The van der Waals surface area contributed by atoms with Crippen molar-refractivity contribution in [3.63, 3.8) is 0 Å². The molecule has 1 aliphatic rings. The van der Waals surface area contributed by atoms with E-state index in [9.17, 15) is 13.2 Å². The predicted octanol–water partition coefficient (Wildman–Crippen LogP) is 0.597. The van der Waals surface area contributed by atoms with Crippen molar-refractivity contribution in [3.8, 4) is 0 Å². The second-order valence-corrected chi connectivity index (χ2v) is 6.13. The Kier molecular flexibility index (Phi) is 3.88. The molecule has 0 radical (unpaired) electrons. The molecule has 0 atom stereocenters. The first-order chi connectivity index (χ1) is 8.94. The van der Waals surface area contributed by atoms with Crippen LogP contribution in [0.2, 0.25) is 0 Å². The van der Waals surface area contributed by atoms with Crippen LogP contribution in [0.15, 0.2) is 18.2 Å². The summed E-state index contributed by atoms with van der Waals surface area (Å²) in [6.45, 7) is 2.68. The van der Waals surface area contributed by atoms with Gasteiger partial charge in [0.05, 0.1) is 5.56 Å². The maximum Gasteiger partial charge on any atom is 0.335 e. The molecular weight excluding hydrogens is 268 g/mol. The Morgan fingerprint density at radius 3 is 2.79 bits per heavy atom. The number of carboxylic acids is 1. The average molecular weight is 284 g/mol. The number of hydrogen-bond acceptors (Lipinski definition) is 3. The molecule has 0 fully saturated rings. The van der Waals surface area contributed by atoms with Crippen LogP contribution >= 0.6 is 0 Å². The van der Waals surface area contributed by atoms with Crippen LogP contribution in [0, 0.1) is 0 Å². The van der Waals surface area contributed by atoms with Gasteiger partial charge in [0.15, 0.2) is 0 Å². The fourth-order valence-corrected chi connectivity index (χ4v) is 3.33. The summed E-state index contributed by atoms with van der Waals surface area (Å²) in [5.74, 6) is -1.01. The van der Waals surface area contributed by atoms with Gasteiger partial charge in [0, 0.05) is 19.6 Å². The molecule has 19 heavy (non-hydrogen) atoms. The summed E-state index contributed by atoms with van der Waals surface area (Å²) < 4.78 is 27.6. The van der Waals surface area contributed by atoms with E-state index >= 15 is 0 Å². The van der Waals surface area contributed by atoms with Crippen LogP contribution in [0.4, 0.5) is 0 Å². The Labute approximate surface area is 112 Å². The van der Waals surface area contributed by atoms with Crippen LogP contribution < -0.4 is 4.72 Å². The van der Waals surface area contributed by atoms with E-state index in [1.807, 2.05) is 0 Å². The molecular formula is C12H16N2O4S. The Bertz CT molecular complexity index is 598. The highest BCUT2D eigenvalue weighted by atomic mass is 32.2. The largest absolute Gasteiger partial charge is 0.478 e. The number of nitrogens with zero attached hydrogens (tertiary/aromatic N) is 1. The summed E-state index contributed by atoms with van der Waals surface area (Å²) in [6, 6.07) is 4.86. The quantitative estimate of drug-likeness (QED) is 0.847. The minimum atomic E-state index is -3.47. The van der Waals surface area contributed by atoms with E-state index in [0.29, 0.717) is 19.5 Å². The highest BCUT2D eigenvalue weighted by Crippen LogP contribution is 2.22. The number of carbonyl (C=O) groups is 1. The van der Waals surface area contributed by atoms with Gasteiger partial charge in [-0.25, -0.2) is 9.52 Å². The number of hydrogen-bond donors (Lipinski definition) is 2. The van der Waals surface area contributed by atoms with Crippen molar-refractivity contribution in [2.75, 3.05) is 13.1 Å². The third kappa shape index (κ3) is 2.94. The van der Waals surface area contributed by atoms with Gasteiger partial charge in [0.25, 0.3) is 10.2 Å². The van der Waals surface area contributed by atoms with Crippen LogP contribution in [0.3, 0.4) is 0 Å². The van der Waals surface area contributed by atoms with Gasteiger partial charge in [-0.15, -0.1) is 0 Å². The van der Waals surface area contributed by atoms with Gasteiger partial charge in [-0.3, -0.25) is 0 Å². The molecule has 2 rings (SSSR count). The first-order valence-electron chi connectivity index (χ1n) is 6.04. The van der Waals surface area contributed by atoms with Crippen molar-refractivity contribution in [1.29, 1.82) is 0 Å². The zero-order chi connectivity index (χ0) is 14.0. The maximum absolute atomic E-state index is 11.9. The number of carboxylic acid groups (broad SMARTS) is 1. The van der Waals surface area contributed by atoms with E-state index in [0.717, 1.165) is 11.1 Å². The Morgan fingerprint density at radius 2 is 2.16 bits per heavy atom. The summed E-state index contributed by atoms with van der Waals surface area (Å²) in [6.07, 6.45) is 0.597. The van der Waals surface area contributed by atoms with E-state index in [4.69, 9.17) is 5.11 Å². The number of fused-ring (bicyclic) bond motifs is 1. The molecule has 7 heteroatoms. The lowest BCUT2D eigenvalue weighted by atomic mass is 9.99. The number of rotatable bonds is 4. The van der Waals surface area contributed by atoms with Gasteiger partial charge in [-0.2, -0.15) is 12.7 Å². The van der Waals surface area contributed by atoms with Crippen LogP contribution in [-0.2, 0) is 23.2 Å². The molecule has 0 saturated heterocycles. The molecule has 0 amide bonds. The molecule has 6 nitrogen and oxygen atoms in total. The fraction of sp³-hybridized carbons (Fsp3) is 0.417. The van der Waals surface area contributed by atoms with Crippen LogP contribution in [0.25, 0.3) is 0 Å². The van der Waals surface area contributed by atoms with Crippen molar-refractivity contribution in [3.05, 3.63) is 34.9 Å². The Balaban J connectivity index is 2.28. The van der Waals surface area contributed by atoms with Gasteiger partial charge >= 0.3 is 5.97 Å². The topological polar surface area (TPSA) is 86.7 Å². The second-order valence-electron chi connectivity index (χ2n) is 4.38. The van der Waals surface area contributed by atoms with Gasteiger partial charge < -0.3 is 5.11 Å². The second kappa shape index (κ2) is 5.28. The van der Waals surface area contributed by atoms with Gasteiger partial charge in [0.1, 0.15) is 0 Å². The van der Waals surface area contributed by atoms with Crippen molar-refractivity contribution < 1.29 is 18.3 Å². The lowest BCUT2D eigenvalue weighted by Gasteiger charge is -2.28. The zero-order valence-electron chi connectivity index (χ0n) is 10.6. The first-order valence-corrected chi connectivity index (χ1v) is 7.48. The molecule has 1 heterocycles. The fourth-order valence-electron chi connectivity index (χ4n) is 2.14. The van der Waals surface area contributed by atoms with Gasteiger partial charge in [-0.05, 0) is 29.7 Å². The monoisotopic (exact) mass is 284 g/mol. The third-order valence-electron chi connectivity index (χ3n) is 3.10. The first kappa shape index (κ1) is 14.0. The Hall–Kier alpha value is -1.44. The standard InChI is InChI=1S/C12H16N2O4S/c1-2-13-19(17,18)14-6-5-9-3-4-10(12(15)16)7-11(9)8-14/h3-4,7,13H,2,5-6,8H2,1H3,(H,15,16). The van der Waals surface area contributed by atoms with E-state index in [2.05, 4.69) is 4.72 Å². The highest BCUT2D eigenvalue weighted by Gasteiger charge is 2.26. The summed E-state index contributed by atoms with van der Waals surface area (Å²) in [4.78, 5) is 10.9. The smallest absolute Gasteiger partial charge is 0.335 e. The van der Waals surface area contributed by atoms with Crippen molar-refractivity contribution in [2.45, 2.75) is 19.9 Å². The molecule has 0 aliphatic carbocycles. The number of benzene rings is 1. The minimum absolute atomic E-state index is 0.182. The van der Waals surface area contributed by atoms with Gasteiger partial charge in [-0.1, -0.05) is 13.0 Å². The highest BCUT2D eigenvalue weighted by molar-refractivity contribution is 7.87. The zero-order valence-corrected chi connectivity index (χ0v) is 11.4. The summed E-state index contributed by atoms with van der Waals surface area (Å²) >= 11 is 0. The lowest BCUT2D eigenvalue weighted by Crippen LogP contribution is -2.43. The minimum Gasteiger partial charge on any atom is -0.478 e. The summed E-state index contributed by atoms with van der Waals surface area (Å²) in [5, 5.41) is 8.95. The third-order valence-corrected chi connectivity index (χ3v) is 4.74. The van der Waals surface area contributed by atoms with Crippen molar-refractivity contribution in [2.24, 2.45) is 0 Å². The van der Waals surface area contributed by atoms with Crippen LogP contribution in [0.5, 0.6) is 0 Å². The molecule has 0 bridgehead atoms. The van der Waals surface area contributed by atoms with Gasteiger partial charge in [0.2, 0.25) is 0 Å². The number of nitrogens with one attached hydrogen (secondary N) is 1. The maximum atomic E-state index is 11.9. The molecule has 0 unspecified atom stereocenters. The van der Waals surface area contributed by atoms with Crippen LogP contribution in [-0.4, -0.2) is 36.9 Å². The van der Waals surface area contributed by atoms with Crippen molar-refractivity contribution >= 4 is 16.2 Å². The molecule has 104 valence electrons. The normalized spacial score (nSPS) is 16.1. The molecule has 1 aromatic carbocycles. The van der Waals surface area contributed by atoms with E-state index < -0.39 is 16.2 Å². The summed E-state index contributed by atoms with van der Waals surface area (Å²) in [5.41, 5.74) is 1.95.